The van der Waals surface area contributed by atoms with Crippen LogP contribution in [0.2, 0.25) is 0 Å². The highest BCUT2D eigenvalue weighted by Crippen LogP contribution is 2.17. The quantitative estimate of drug-likeness (QED) is 0.781. The molecule has 2 N–H and O–H groups in total. The van der Waals surface area contributed by atoms with Gasteiger partial charge in [0.25, 0.3) is 0 Å². The van der Waals surface area contributed by atoms with E-state index in [-0.39, 0.29) is 11.5 Å². The van der Waals surface area contributed by atoms with Gasteiger partial charge in [-0.15, -0.1) is 0 Å². The van der Waals surface area contributed by atoms with E-state index in [9.17, 15) is 13.5 Å². The van der Waals surface area contributed by atoms with Crippen LogP contribution in [0.5, 0.6) is 0 Å². The number of hydrogen-bond donors (Lipinski definition) is 2. The Kier molecular flexibility index (Phi) is 5.33. The van der Waals surface area contributed by atoms with Crippen LogP contribution in [0.25, 0.3) is 0 Å². The third-order valence-electron chi connectivity index (χ3n) is 2.90. The fourth-order valence-corrected chi connectivity index (χ4v) is 3.20. The lowest BCUT2D eigenvalue weighted by molar-refractivity contribution is 0.191. The Balaban J connectivity index is 2.99. The molecule has 0 aliphatic carbocycles. The van der Waals surface area contributed by atoms with Crippen LogP contribution in [0, 0.1) is 0 Å². The first-order chi connectivity index (χ1) is 8.37. The molecule has 102 valence electrons. The minimum Gasteiger partial charge on any atom is -0.394 e. The molecule has 1 unspecified atom stereocenters. The fraction of sp³-hybridized carbons (Fsp3) is 0.500. The second-order valence-electron chi connectivity index (χ2n) is 4.46. The number of alkyl halides is 1. The lowest BCUT2D eigenvalue weighted by Gasteiger charge is -2.26. The zero-order valence-corrected chi connectivity index (χ0v) is 12.9. The van der Waals surface area contributed by atoms with Gasteiger partial charge in [-0.2, -0.15) is 0 Å². The Bertz CT molecular complexity index is 481. The van der Waals surface area contributed by atoms with Gasteiger partial charge >= 0.3 is 0 Å². The van der Waals surface area contributed by atoms with E-state index in [1.165, 1.54) is 0 Å². The Morgan fingerprint density at radius 3 is 2.28 bits per heavy atom. The van der Waals surface area contributed by atoms with Crippen molar-refractivity contribution in [1.82, 2.24) is 4.72 Å². The zero-order valence-electron chi connectivity index (χ0n) is 10.5. The molecule has 0 fully saturated rings. The Hall–Kier alpha value is -0.430. The Labute approximate surface area is 117 Å². The summed E-state index contributed by atoms with van der Waals surface area (Å²) in [5.41, 5.74) is 0.182. The van der Waals surface area contributed by atoms with Crippen LogP contribution in [-0.4, -0.2) is 25.7 Å². The molecule has 1 aromatic carbocycles. The van der Waals surface area contributed by atoms with Crippen LogP contribution < -0.4 is 4.72 Å². The van der Waals surface area contributed by atoms with Gasteiger partial charge in [0.1, 0.15) is 0 Å². The monoisotopic (exact) mass is 335 g/mol. The first kappa shape index (κ1) is 15.6. The predicted molar refractivity (Wildman–Crippen MR) is 75.2 cm³/mol. The summed E-state index contributed by atoms with van der Waals surface area (Å²) in [6.07, 6.45) is 0.516. The van der Waals surface area contributed by atoms with E-state index in [0.717, 1.165) is 5.56 Å². The Morgan fingerprint density at radius 2 is 1.89 bits per heavy atom. The van der Waals surface area contributed by atoms with Gasteiger partial charge in [0.15, 0.2) is 0 Å². The summed E-state index contributed by atoms with van der Waals surface area (Å²) in [7, 11) is -3.59. The summed E-state index contributed by atoms with van der Waals surface area (Å²) in [5.74, 6) is 0. The van der Waals surface area contributed by atoms with E-state index < -0.39 is 15.6 Å². The SMILES string of the molecule is CCC(C)(CO)NS(=O)(=O)c1ccc(CBr)cc1. The molecule has 0 aliphatic heterocycles. The van der Waals surface area contributed by atoms with Crippen molar-refractivity contribution in [2.45, 2.75) is 36.0 Å². The highest BCUT2D eigenvalue weighted by molar-refractivity contribution is 9.08. The van der Waals surface area contributed by atoms with E-state index in [2.05, 4.69) is 20.7 Å². The van der Waals surface area contributed by atoms with E-state index in [0.29, 0.717) is 11.8 Å². The van der Waals surface area contributed by atoms with Crippen molar-refractivity contribution in [3.05, 3.63) is 29.8 Å². The molecule has 0 bridgehead atoms. The first-order valence-corrected chi connectivity index (χ1v) is 8.27. The van der Waals surface area contributed by atoms with Crippen molar-refractivity contribution in [3.63, 3.8) is 0 Å². The molecule has 0 saturated heterocycles. The number of sulfonamides is 1. The van der Waals surface area contributed by atoms with E-state index >= 15 is 0 Å². The molecule has 1 rings (SSSR count). The summed E-state index contributed by atoms with van der Waals surface area (Å²) in [6.45, 7) is 3.27. The number of nitrogens with one attached hydrogen (secondary N) is 1. The van der Waals surface area contributed by atoms with Crippen molar-refractivity contribution in [2.24, 2.45) is 0 Å². The van der Waals surface area contributed by atoms with Gasteiger partial charge < -0.3 is 5.11 Å². The summed E-state index contributed by atoms with van der Waals surface area (Å²) in [4.78, 5) is 0.209. The van der Waals surface area contributed by atoms with Crippen LogP contribution in [0.4, 0.5) is 0 Å². The largest absolute Gasteiger partial charge is 0.394 e. The van der Waals surface area contributed by atoms with Gasteiger partial charge in [-0.05, 0) is 31.0 Å². The van der Waals surface area contributed by atoms with Crippen LogP contribution >= 0.6 is 15.9 Å². The molecule has 0 aromatic heterocycles. The maximum Gasteiger partial charge on any atom is 0.241 e. The molecular formula is C12H18BrNO3S. The molecular weight excluding hydrogens is 318 g/mol. The highest BCUT2D eigenvalue weighted by Gasteiger charge is 2.28. The average molecular weight is 336 g/mol. The number of rotatable bonds is 6. The molecule has 0 radical (unpaired) electrons. The lowest BCUT2D eigenvalue weighted by Crippen LogP contribution is -2.48. The number of aliphatic hydroxyl groups is 1. The molecule has 0 spiro atoms. The summed E-state index contributed by atoms with van der Waals surface area (Å²) in [6, 6.07) is 6.63. The maximum atomic E-state index is 12.1. The summed E-state index contributed by atoms with van der Waals surface area (Å²) >= 11 is 3.31. The zero-order chi connectivity index (χ0) is 13.8. The van der Waals surface area contributed by atoms with E-state index in [4.69, 9.17) is 0 Å². The lowest BCUT2D eigenvalue weighted by atomic mass is 10.0. The molecule has 1 atom stereocenters. The minimum absolute atomic E-state index is 0.209. The van der Waals surface area contributed by atoms with Crippen LogP contribution in [0.3, 0.4) is 0 Å². The Morgan fingerprint density at radius 1 is 1.33 bits per heavy atom. The molecule has 18 heavy (non-hydrogen) atoms. The summed E-state index contributed by atoms with van der Waals surface area (Å²) in [5, 5.41) is 9.93. The minimum atomic E-state index is -3.59. The van der Waals surface area contributed by atoms with Crippen molar-refractivity contribution in [2.75, 3.05) is 6.61 Å². The van der Waals surface area contributed by atoms with Gasteiger partial charge in [0.2, 0.25) is 10.0 Å². The van der Waals surface area contributed by atoms with Crippen molar-refractivity contribution in [1.29, 1.82) is 0 Å². The summed E-state index contributed by atoms with van der Waals surface area (Å²) < 4.78 is 26.8. The second-order valence-corrected chi connectivity index (χ2v) is 6.70. The topological polar surface area (TPSA) is 66.4 Å². The standard InChI is InChI=1S/C12H18BrNO3S/c1-3-12(2,9-15)14-18(16,17)11-6-4-10(8-13)5-7-11/h4-7,14-15H,3,8-9H2,1-2H3. The number of hydrogen-bond acceptors (Lipinski definition) is 3. The van der Waals surface area contributed by atoms with Crippen molar-refractivity contribution in [3.8, 4) is 0 Å². The van der Waals surface area contributed by atoms with Crippen LogP contribution in [0.15, 0.2) is 29.2 Å². The maximum absolute atomic E-state index is 12.1. The van der Waals surface area contributed by atoms with Crippen LogP contribution in [-0.2, 0) is 15.4 Å². The van der Waals surface area contributed by atoms with Gasteiger partial charge in [-0.1, -0.05) is 35.0 Å². The van der Waals surface area contributed by atoms with Gasteiger partial charge in [0.05, 0.1) is 17.0 Å². The highest BCUT2D eigenvalue weighted by atomic mass is 79.9. The number of halogens is 1. The average Bonchev–Trinajstić information content (AvgIpc) is 2.38. The third kappa shape index (κ3) is 3.78. The second kappa shape index (κ2) is 6.14. The predicted octanol–water partition coefficient (Wildman–Crippen LogP) is 2.02. The first-order valence-electron chi connectivity index (χ1n) is 5.66. The van der Waals surface area contributed by atoms with Gasteiger partial charge in [-0.3, -0.25) is 0 Å². The van der Waals surface area contributed by atoms with Gasteiger partial charge in [0, 0.05) is 5.33 Å². The third-order valence-corrected chi connectivity index (χ3v) is 5.20. The molecule has 0 aliphatic rings. The molecule has 4 nitrogen and oxygen atoms in total. The van der Waals surface area contributed by atoms with Crippen molar-refractivity contribution < 1.29 is 13.5 Å². The fourth-order valence-electron chi connectivity index (χ4n) is 1.36. The molecule has 0 amide bonds. The number of aliphatic hydroxyl groups excluding tert-OH is 1. The number of benzene rings is 1. The van der Waals surface area contributed by atoms with E-state index in [1.807, 2.05) is 6.92 Å². The molecule has 1 aromatic rings. The molecule has 0 saturated carbocycles. The molecule has 0 heterocycles. The smallest absolute Gasteiger partial charge is 0.241 e. The van der Waals surface area contributed by atoms with Crippen molar-refractivity contribution >= 4 is 26.0 Å². The normalized spacial score (nSPS) is 15.3. The van der Waals surface area contributed by atoms with Gasteiger partial charge in [-0.25, -0.2) is 13.1 Å². The molecule has 6 heteroatoms. The van der Waals surface area contributed by atoms with E-state index in [1.54, 1.807) is 31.2 Å². The van der Waals surface area contributed by atoms with Crippen LogP contribution in [0.1, 0.15) is 25.8 Å².